The number of aryl methyl sites for hydroxylation is 1. The maximum atomic E-state index is 12.6. The number of rotatable bonds is 11. The molecule has 39 heavy (non-hydrogen) atoms. The van der Waals surface area contributed by atoms with Crippen LogP contribution in [0.3, 0.4) is 0 Å². The summed E-state index contributed by atoms with van der Waals surface area (Å²) in [5.41, 5.74) is 2.55. The lowest BCUT2D eigenvalue weighted by atomic mass is 10.0. The number of piperidine rings is 1. The molecule has 0 amide bonds. The Hall–Kier alpha value is -3.84. The number of fused-ring (bicyclic) bond motifs is 1. The molecule has 5 rings (SSSR count). The van der Waals surface area contributed by atoms with Crippen molar-refractivity contribution < 1.29 is 26.7 Å². The average Bonchev–Trinajstić information content (AvgIpc) is 3.54. The topological polar surface area (TPSA) is 124 Å². The monoisotopic (exact) mass is 558 g/mol. The van der Waals surface area contributed by atoms with Gasteiger partial charge in [-0.25, -0.2) is 9.37 Å². The van der Waals surface area contributed by atoms with Crippen LogP contribution in [0.2, 0.25) is 0 Å². The van der Waals surface area contributed by atoms with Crippen molar-refractivity contribution in [2.24, 2.45) is 7.05 Å². The molecular weight excluding hydrogens is 527 g/mol. The number of oxazole rings is 1. The number of benzene rings is 2. The molecule has 0 aliphatic carbocycles. The fourth-order valence-electron chi connectivity index (χ4n) is 4.54. The van der Waals surface area contributed by atoms with Gasteiger partial charge in [-0.1, -0.05) is 6.07 Å². The standard InChI is InChI=1S/C26H31FN6O5S/c1-32-16-25(28-17-32)39(34,35)31-20-4-6-22-21(14-20)30-26(38-22)29-19-7-10-33(11-8-19)15-18-3-5-23(36-2)24(13-18)37-12-9-27/h3-6,13-14,16-17,19,31H,7-12,15H2,1-2H3,(H,29,30). The van der Waals surface area contributed by atoms with Crippen LogP contribution in [0, 0.1) is 0 Å². The molecule has 1 aliphatic rings. The van der Waals surface area contributed by atoms with Gasteiger partial charge in [-0.2, -0.15) is 13.4 Å². The highest BCUT2D eigenvalue weighted by atomic mass is 32.2. The van der Waals surface area contributed by atoms with Gasteiger partial charge in [0, 0.05) is 38.9 Å². The van der Waals surface area contributed by atoms with Crippen LogP contribution in [-0.2, 0) is 23.6 Å². The minimum atomic E-state index is -3.80. The van der Waals surface area contributed by atoms with Crippen LogP contribution in [0.1, 0.15) is 18.4 Å². The highest BCUT2D eigenvalue weighted by Gasteiger charge is 2.22. The van der Waals surface area contributed by atoms with Gasteiger partial charge in [-0.3, -0.25) is 9.62 Å². The number of sulfonamides is 1. The van der Waals surface area contributed by atoms with E-state index in [-0.39, 0.29) is 17.7 Å². The Kier molecular flexibility index (Phi) is 7.89. The van der Waals surface area contributed by atoms with E-state index in [2.05, 4.69) is 24.9 Å². The van der Waals surface area contributed by atoms with E-state index in [4.69, 9.17) is 13.9 Å². The third-order valence-corrected chi connectivity index (χ3v) is 7.75. The van der Waals surface area contributed by atoms with Crippen LogP contribution in [-0.4, -0.2) is 67.4 Å². The summed E-state index contributed by atoms with van der Waals surface area (Å²) in [6.45, 7) is 1.95. The van der Waals surface area contributed by atoms with E-state index in [9.17, 15) is 12.8 Å². The maximum Gasteiger partial charge on any atom is 0.295 e. The summed E-state index contributed by atoms with van der Waals surface area (Å²) in [5, 5.41) is 3.31. The van der Waals surface area contributed by atoms with E-state index >= 15 is 0 Å². The molecule has 1 aliphatic heterocycles. The third kappa shape index (κ3) is 6.42. The summed E-state index contributed by atoms with van der Waals surface area (Å²) < 4.78 is 58.5. The molecule has 0 atom stereocenters. The highest BCUT2D eigenvalue weighted by Crippen LogP contribution is 2.30. The molecule has 2 aromatic carbocycles. The zero-order chi connectivity index (χ0) is 27.4. The molecule has 13 heteroatoms. The van der Waals surface area contributed by atoms with E-state index in [1.807, 2.05) is 18.2 Å². The van der Waals surface area contributed by atoms with Gasteiger partial charge < -0.3 is 23.8 Å². The fraction of sp³-hybridized carbons (Fsp3) is 0.385. The van der Waals surface area contributed by atoms with Crippen molar-refractivity contribution in [3.05, 3.63) is 54.5 Å². The zero-order valence-corrected chi connectivity index (χ0v) is 22.6. The quantitative estimate of drug-likeness (QED) is 0.283. The Labute approximate surface area is 226 Å². The lowest BCUT2D eigenvalue weighted by molar-refractivity contribution is 0.209. The molecule has 0 radical (unpaired) electrons. The molecule has 2 aromatic heterocycles. The van der Waals surface area contributed by atoms with Crippen LogP contribution in [0.4, 0.5) is 16.1 Å². The molecule has 11 nitrogen and oxygen atoms in total. The number of ether oxygens (including phenoxy) is 2. The summed E-state index contributed by atoms with van der Waals surface area (Å²) in [6, 6.07) is 11.3. The van der Waals surface area contributed by atoms with Crippen LogP contribution in [0.5, 0.6) is 11.5 Å². The summed E-state index contributed by atoms with van der Waals surface area (Å²) in [5.74, 6) is 1.14. The van der Waals surface area contributed by atoms with Gasteiger partial charge in [-0.15, -0.1) is 0 Å². The minimum Gasteiger partial charge on any atom is -0.493 e. The zero-order valence-electron chi connectivity index (χ0n) is 21.8. The molecule has 208 valence electrons. The lowest BCUT2D eigenvalue weighted by Gasteiger charge is -2.32. The number of hydrogen-bond donors (Lipinski definition) is 2. The molecule has 4 aromatic rings. The maximum absolute atomic E-state index is 12.6. The molecule has 1 saturated heterocycles. The van der Waals surface area contributed by atoms with E-state index in [1.165, 1.54) is 12.5 Å². The van der Waals surface area contributed by atoms with Crippen molar-refractivity contribution in [3.8, 4) is 11.5 Å². The van der Waals surface area contributed by atoms with Crippen LogP contribution in [0.25, 0.3) is 11.1 Å². The van der Waals surface area contributed by atoms with Gasteiger partial charge in [-0.05, 0) is 48.7 Å². The first-order chi connectivity index (χ1) is 18.8. The molecule has 1 fully saturated rings. The van der Waals surface area contributed by atoms with Crippen LogP contribution < -0.4 is 19.5 Å². The van der Waals surface area contributed by atoms with Crippen molar-refractivity contribution in [2.75, 3.05) is 43.5 Å². The van der Waals surface area contributed by atoms with E-state index in [0.717, 1.165) is 38.0 Å². The second-order valence-corrected chi connectivity index (χ2v) is 11.0. The summed E-state index contributed by atoms with van der Waals surface area (Å²) in [4.78, 5) is 10.8. The summed E-state index contributed by atoms with van der Waals surface area (Å²) in [6.07, 6.45) is 4.66. The van der Waals surface area contributed by atoms with E-state index in [0.29, 0.717) is 34.3 Å². The number of methoxy groups -OCH3 is 1. The number of nitrogens with one attached hydrogen (secondary N) is 2. The summed E-state index contributed by atoms with van der Waals surface area (Å²) in [7, 11) is -0.535. The molecule has 0 unspecified atom stereocenters. The number of aromatic nitrogens is 3. The number of imidazole rings is 1. The Morgan fingerprint density at radius 3 is 2.69 bits per heavy atom. The first-order valence-electron chi connectivity index (χ1n) is 12.6. The molecule has 0 bridgehead atoms. The Morgan fingerprint density at radius 1 is 1.15 bits per heavy atom. The van der Waals surface area contributed by atoms with Gasteiger partial charge in [0.2, 0.25) is 0 Å². The second-order valence-electron chi connectivity index (χ2n) is 9.40. The molecule has 2 N–H and O–H groups in total. The summed E-state index contributed by atoms with van der Waals surface area (Å²) >= 11 is 0. The van der Waals surface area contributed by atoms with Crippen molar-refractivity contribution in [1.29, 1.82) is 0 Å². The second kappa shape index (κ2) is 11.5. The van der Waals surface area contributed by atoms with E-state index in [1.54, 1.807) is 36.9 Å². The SMILES string of the molecule is COc1ccc(CN2CCC(Nc3nc4cc(NS(=O)(=O)c5cn(C)cn5)ccc4o3)CC2)cc1OCCF. The minimum absolute atomic E-state index is 0.00516. The predicted octanol–water partition coefficient (Wildman–Crippen LogP) is 3.80. The van der Waals surface area contributed by atoms with Crippen molar-refractivity contribution in [2.45, 2.75) is 30.5 Å². The van der Waals surface area contributed by atoms with Crippen molar-refractivity contribution >= 4 is 32.8 Å². The van der Waals surface area contributed by atoms with E-state index < -0.39 is 16.7 Å². The van der Waals surface area contributed by atoms with Crippen LogP contribution >= 0.6 is 0 Å². The highest BCUT2D eigenvalue weighted by molar-refractivity contribution is 7.92. The normalized spacial score (nSPS) is 14.9. The molecular formula is C26H31FN6O5S. The molecule has 0 spiro atoms. The smallest absolute Gasteiger partial charge is 0.295 e. The van der Waals surface area contributed by atoms with Gasteiger partial charge >= 0.3 is 0 Å². The fourth-order valence-corrected chi connectivity index (χ4v) is 5.57. The number of nitrogens with zero attached hydrogens (tertiary/aromatic N) is 4. The van der Waals surface area contributed by atoms with Gasteiger partial charge in [0.25, 0.3) is 16.0 Å². The number of alkyl halides is 1. The lowest BCUT2D eigenvalue weighted by Crippen LogP contribution is -2.38. The first kappa shape index (κ1) is 26.8. The average molecular weight is 559 g/mol. The van der Waals surface area contributed by atoms with Crippen molar-refractivity contribution in [3.63, 3.8) is 0 Å². The largest absolute Gasteiger partial charge is 0.493 e. The van der Waals surface area contributed by atoms with Crippen molar-refractivity contribution in [1.82, 2.24) is 19.4 Å². The number of anilines is 2. The number of halogens is 1. The van der Waals surface area contributed by atoms with Crippen LogP contribution in [0.15, 0.2) is 58.4 Å². The molecule has 3 heterocycles. The number of hydrogen-bond acceptors (Lipinski definition) is 9. The number of likely N-dealkylation sites (tertiary alicyclic amines) is 1. The van der Waals surface area contributed by atoms with Gasteiger partial charge in [0.05, 0.1) is 19.1 Å². The predicted molar refractivity (Wildman–Crippen MR) is 144 cm³/mol. The van der Waals surface area contributed by atoms with Gasteiger partial charge in [0.15, 0.2) is 22.1 Å². The Balaban J connectivity index is 1.16. The van der Waals surface area contributed by atoms with Gasteiger partial charge in [0.1, 0.15) is 18.8 Å². The third-order valence-electron chi connectivity index (χ3n) is 6.48. The Morgan fingerprint density at radius 2 is 1.97 bits per heavy atom. The first-order valence-corrected chi connectivity index (χ1v) is 14.1. The Bertz CT molecular complexity index is 1530. The molecule has 0 saturated carbocycles.